The Kier molecular flexibility index (Phi) is 7.64. The molecule has 2 atom stereocenters. The average Bonchev–Trinajstić information content (AvgIpc) is 4.00. The zero-order chi connectivity index (χ0) is 45.5. The Morgan fingerprint density at radius 2 is 1.09 bits per heavy atom. The Bertz CT molecular complexity index is 4000. The van der Waals surface area contributed by atoms with E-state index in [1.54, 1.807) is 0 Å². The lowest BCUT2D eigenvalue weighted by Crippen LogP contribution is -2.60. The second-order valence-electron chi connectivity index (χ2n) is 20.8. The molecule has 11 aromatic rings. The number of nitrogens with zero attached hydrogens (tertiary/aromatic N) is 2. The van der Waals surface area contributed by atoms with Gasteiger partial charge in [-0.15, -0.1) is 0 Å². The van der Waals surface area contributed by atoms with Crippen LogP contribution in [-0.2, 0) is 5.41 Å². The first-order chi connectivity index (χ1) is 33.3. The maximum absolute atomic E-state index is 2.79. The van der Waals surface area contributed by atoms with Crippen molar-refractivity contribution in [2.45, 2.75) is 71.6 Å². The number of fused-ring (bicyclic) bond motifs is 13. The molecule has 0 bridgehead atoms. The van der Waals surface area contributed by atoms with Gasteiger partial charge in [-0.2, -0.15) is 0 Å². The molecule has 2 unspecified atom stereocenters. The van der Waals surface area contributed by atoms with Gasteiger partial charge in [0.1, 0.15) is 0 Å². The van der Waals surface area contributed by atoms with Crippen molar-refractivity contribution in [1.29, 1.82) is 0 Å². The largest absolute Gasteiger partial charge is 0.310 e. The van der Waals surface area contributed by atoms with Crippen LogP contribution in [0, 0.1) is 13.8 Å². The summed E-state index contributed by atoms with van der Waals surface area (Å²) in [5.41, 5.74) is 29.3. The van der Waals surface area contributed by atoms with Crippen molar-refractivity contribution in [2.75, 3.05) is 0 Å². The molecule has 1 aliphatic carbocycles. The van der Waals surface area contributed by atoms with E-state index < -0.39 is 5.41 Å². The number of hydrogen-bond acceptors (Lipinski definition) is 0. The first-order valence-corrected chi connectivity index (χ1v) is 25.1. The zero-order valence-corrected chi connectivity index (χ0v) is 39.6. The molecule has 3 aliphatic heterocycles. The van der Waals surface area contributed by atoms with Gasteiger partial charge in [0.25, 0.3) is 6.71 Å². The van der Waals surface area contributed by atoms with E-state index >= 15 is 0 Å². The van der Waals surface area contributed by atoms with Crippen molar-refractivity contribution in [3.63, 3.8) is 0 Å². The van der Waals surface area contributed by atoms with Crippen LogP contribution in [0.15, 0.2) is 164 Å². The first-order valence-electron chi connectivity index (χ1n) is 25.1. The third kappa shape index (κ3) is 4.56. The molecule has 2 aromatic heterocycles. The first kappa shape index (κ1) is 38.7. The van der Waals surface area contributed by atoms with E-state index in [4.69, 9.17) is 0 Å². The average molecular weight is 871 g/mol. The summed E-state index contributed by atoms with van der Waals surface area (Å²) in [6, 6.07) is 64.7. The van der Waals surface area contributed by atoms with Crippen molar-refractivity contribution in [3.8, 4) is 44.9 Å². The van der Waals surface area contributed by atoms with Gasteiger partial charge in [0.05, 0.1) is 22.1 Å². The molecule has 5 heterocycles. The van der Waals surface area contributed by atoms with Crippen LogP contribution in [0.4, 0.5) is 0 Å². The highest BCUT2D eigenvalue weighted by molar-refractivity contribution is 7.01. The maximum atomic E-state index is 2.79. The second-order valence-corrected chi connectivity index (χ2v) is 20.8. The van der Waals surface area contributed by atoms with Crippen LogP contribution in [0.3, 0.4) is 0 Å². The molecule has 2 nitrogen and oxygen atoms in total. The molecule has 9 aromatic carbocycles. The molecular formula is C65H51BN2. The highest BCUT2D eigenvalue weighted by atomic mass is 15.1. The van der Waals surface area contributed by atoms with Gasteiger partial charge in [-0.1, -0.05) is 178 Å². The topological polar surface area (TPSA) is 9.86 Å². The lowest BCUT2D eigenvalue weighted by Gasteiger charge is -2.44. The molecule has 0 fully saturated rings. The minimum atomic E-state index is -0.525. The summed E-state index contributed by atoms with van der Waals surface area (Å²) in [6.07, 6.45) is 2.17. The van der Waals surface area contributed by atoms with Crippen LogP contribution in [0.25, 0.3) is 88.4 Å². The fraction of sp³-hybridized carbons (Fsp3) is 0.169. The zero-order valence-electron chi connectivity index (χ0n) is 39.6. The monoisotopic (exact) mass is 870 g/mol. The van der Waals surface area contributed by atoms with Crippen LogP contribution in [0.2, 0.25) is 0 Å². The van der Waals surface area contributed by atoms with Crippen molar-refractivity contribution in [3.05, 3.63) is 208 Å². The summed E-state index contributed by atoms with van der Waals surface area (Å²) in [6.45, 7) is 14.0. The van der Waals surface area contributed by atoms with E-state index in [1.165, 1.54) is 149 Å². The quantitative estimate of drug-likeness (QED) is 0.147. The summed E-state index contributed by atoms with van der Waals surface area (Å²) in [7, 11) is 0. The van der Waals surface area contributed by atoms with E-state index in [-0.39, 0.29) is 6.71 Å². The molecule has 0 saturated heterocycles. The molecule has 4 aliphatic rings. The van der Waals surface area contributed by atoms with Gasteiger partial charge in [-0.25, -0.2) is 0 Å². The van der Waals surface area contributed by atoms with Gasteiger partial charge in [0.2, 0.25) is 0 Å². The van der Waals surface area contributed by atoms with E-state index in [1.807, 2.05) is 0 Å². The Labute approximate surface area is 398 Å². The summed E-state index contributed by atoms with van der Waals surface area (Å²) in [4.78, 5) is 0. The Balaban J connectivity index is 1.22. The second kappa shape index (κ2) is 13.4. The van der Waals surface area contributed by atoms with Crippen molar-refractivity contribution >= 4 is 66.6 Å². The molecule has 3 heteroatoms. The van der Waals surface area contributed by atoms with Crippen LogP contribution >= 0.6 is 0 Å². The van der Waals surface area contributed by atoms with Crippen LogP contribution in [0.5, 0.6) is 0 Å². The van der Waals surface area contributed by atoms with Gasteiger partial charge in [-0.05, 0) is 146 Å². The van der Waals surface area contributed by atoms with E-state index in [9.17, 15) is 0 Å². The van der Waals surface area contributed by atoms with E-state index in [0.29, 0.717) is 11.8 Å². The van der Waals surface area contributed by atoms with Gasteiger partial charge >= 0.3 is 0 Å². The predicted molar refractivity (Wildman–Crippen MR) is 288 cm³/mol. The minimum absolute atomic E-state index is 0.00414. The van der Waals surface area contributed by atoms with Crippen LogP contribution in [-0.4, -0.2) is 15.8 Å². The van der Waals surface area contributed by atoms with Crippen LogP contribution < -0.4 is 16.4 Å². The fourth-order valence-electron chi connectivity index (χ4n) is 13.8. The number of aromatic nitrogens is 2. The van der Waals surface area contributed by atoms with Gasteiger partial charge < -0.3 is 9.13 Å². The molecule has 1 spiro atoms. The number of aryl methyl sites for hydroxylation is 2. The van der Waals surface area contributed by atoms with Crippen molar-refractivity contribution in [2.24, 2.45) is 0 Å². The fourth-order valence-corrected chi connectivity index (χ4v) is 13.8. The summed E-state index contributed by atoms with van der Waals surface area (Å²) < 4.78 is 5.51. The number of rotatable bonds is 6. The molecule has 0 N–H and O–H groups in total. The number of benzene rings is 9. The van der Waals surface area contributed by atoms with E-state index in [2.05, 4.69) is 214 Å². The Morgan fingerprint density at radius 3 is 1.76 bits per heavy atom. The number of hydrogen-bond donors (Lipinski definition) is 0. The molecular weight excluding hydrogens is 820 g/mol. The Morgan fingerprint density at radius 1 is 0.485 bits per heavy atom. The minimum Gasteiger partial charge on any atom is -0.310 e. The van der Waals surface area contributed by atoms with Crippen molar-refractivity contribution < 1.29 is 0 Å². The lowest BCUT2D eigenvalue weighted by molar-refractivity contribution is 0.717. The normalized spacial score (nSPS) is 15.0. The smallest absolute Gasteiger partial charge is 0.253 e. The predicted octanol–water partition coefficient (Wildman–Crippen LogP) is 14.7. The molecule has 68 heavy (non-hydrogen) atoms. The highest BCUT2D eigenvalue weighted by Crippen LogP contribution is 2.62. The van der Waals surface area contributed by atoms with Gasteiger partial charge in [0, 0.05) is 38.6 Å². The molecule has 0 amide bonds. The van der Waals surface area contributed by atoms with Crippen LogP contribution in [0.1, 0.15) is 96.9 Å². The molecule has 0 radical (unpaired) electrons. The molecule has 15 rings (SSSR count). The maximum Gasteiger partial charge on any atom is 0.253 e. The standard InChI is InChI=1S/C65H51BN2/c1-7-38(5)43-32-48-49-33-44(39(6)8-2)35-55-62(49)68-61(48)54(34-43)65(51-19-13-11-17-46(51)47-18-12-14-20-52(47)65)53-29-30-56-59(64(53)68)66(55)58-45-16-10-9-15-42(45)31-50-57(40-25-21-36(3)22-26-40)60(67(56)63(50)58)41-27-23-37(4)24-28-41/h9-35,38-39H,7-8H2,1-6H3. The highest BCUT2D eigenvalue weighted by Gasteiger charge is 2.54. The SMILES string of the molecule is CCC(C)c1cc2c3c(c1)c1cc(C(C)CC)cc4c1n3-c1c(ccc3c1B2c1c2ccccc2cc2c(-c5ccc(C)cc5)c(-c5ccc(C)cc5)n-3c12)C41c2ccccc2-c2ccccc21. The van der Waals surface area contributed by atoms with Crippen molar-refractivity contribution in [1.82, 2.24) is 9.13 Å². The van der Waals surface area contributed by atoms with Gasteiger partial charge in [-0.3, -0.25) is 0 Å². The van der Waals surface area contributed by atoms with Gasteiger partial charge in [0.15, 0.2) is 0 Å². The molecule has 324 valence electrons. The third-order valence-electron chi connectivity index (χ3n) is 17.4. The summed E-state index contributed by atoms with van der Waals surface area (Å²) >= 11 is 0. The van der Waals surface area contributed by atoms with E-state index in [0.717, 1.165) is 12.8 Å². The lowest BCUT2D eigenvalue weighted by atomic mass is 9.33. The summed E-state index contributed by atoms with van der Waals surface area (Å²) in [5.74, 6) is 0.817. The molecule has 0 saturated carbocycles. The third-order valence-corrected chi connectivity index (χ3v) is 17.4. The Hall–Kier alpha value is -7.36. The summed E-state index contributed by atoms with van der Waals surface area (Å²) in [5, 5.41) is 6.74.